The number of esters is 1. The molecule has 204 valence electrons. The molecule has 0 saturated carbocycles. The molecule has 4 aromatic rings. The van der Waals surface area contributed by atoms with Gasteiger partial charge in [-0.15, -0.1) is 0 Å². The first-order valence-electron chi connectivity index (χ1n) is 12.3. The summed E-state index contributed by atoms with van der Waals surface area (Å²) in [6.45, 7) is 4.36. The predicted octanol–water partition coefficient (Wildman–Crippen LogP) is 7.05. The molecule has 1 saturated heterocycles. The number of imide groups is 1. The Balaban J connectivity index is 1.29. The average molecular weight is 622 g/mol. The Labute approximate surface area is 243 Å². The molecule has 2 aromatic heterocycles. The fourth-order valence-corrected chi connectivity index (χ4v) is 5.47. The van der Waals surface area contributed by atoms with Crippen LogP contribution in [-0.2, 0) is 22.7 Å². The summed E-state index contributed by atoms with van der Waals surface area (Å²) < 4.78 is 19.1. The zero-order valence-corrected chi connectivity index (χ0v) is 24.4. The Bertz CT molecular complexity index is 1620. The van der Waals surface area contributed by atoms with Crippen LogP contribution in [0, 0.1) is 13.8 Å². The number of furan rings is 1. The van der Waals surface area contributed by atoms with Crippen LogP contribution in [0.4, 0.5) is 4.79 Å². The molecule has 3 heterocycles. The van der Waals surface area contributed by atoms with E-state index in [-0.39, 0.29) is 12.3 Å². The largest absolute Gasteiger partial charge is 0.489 e. The van der Waals surface area contributed by atoms with Crippen LogP contribution in [-0.4, -0.2) is 33.7 Å². The summed E-state index contributed by atoms with van der Waals surface area (Å²) in [6, 6.07) is 20.8. The average Bonchev–Trinajstić information content (AvgIpc) is 3.61. The fraction of sp³-hybridized carbons (Fsp3) is 0.167. The van der Waals surface area contributed by atoms with Crippen LogP contribution in [0.25, 0.3) is 11.8 Å². The molecule has 2 amide bonds. The zero-order valence-electron chi connectivity index (χ0n) is 22.0. The van der Waals surface area contributed by atoms with Gasteiger partial charge >= 0.3 is 5.97 Å². The Kier molecular flexibility index (Phi) is 7.99. The van der Waals surface area contributed by atoms with Gasteiger partial charge in [0.25, 0.3) is 11.1 Å². The third-order valence-corrected chi connectivity index (χ3v) is 7.84. The topological polar surface area (TPSA) is 91.0 Å². The number of benzene rings is 2. The van der Waals surface area contributed by atoms with E-state index >= 15 is 0 Å². The molecule has 2 aromatic carbocycles. The lowest BCUT2D eigenvalue weighted by molar-refractivity contribution is -0.123. The summed E-state index contributed by atoms with van der Waals surface area (Å²) in [5.41, 5.74) is 4.79. The molecule has 0 N–H and O–H groups in total. The minimum absolute atomic E-state index is 0.0108. The highest BCUT2D eigenvalue weighted by Gasteiger charge is 2.36. The first kappa shape index (κ1) is 27.5. The van der Waals surface area contributed by atoms with Gasteiger partial charge in [-0.05, 0) is 97.4 Å². The Morgan fingerprint density at radius 2 is 1.75 bits per heavy atom. The summed E-state index contributed by atoms with van der Waals surface area (Å²) in [5.74, 6) is 0.0444. The number of nitrogens with zero attached hydrogens (tertiary/aromatic N) is 2. The number of rotatable bonds is 8. The van der Waals surface area contributed by atoms with E-state index in [1.807, 2.05) is 68.4 Å². The molecule has 0 radical (unpaired) electrons. The van der Waals surface area contributed by atoms with Crippen molar-refractivity contribution in [2.45, 2.75) is 27.0 Å². The number of methoxy groups -OCH3 is 1. The van der Waals surface area contributed by atoms with Gasteiger partial charge in [-0.3, -0.25) is 14.5 Å². The van der Waals surface area contributed by atoms with Gasteiger partial charge in [-0.1, -0.05) is 28.1 Å². The third-order valence-electron chi connectivity index (χ3n) is 6.41. The molecular formula is C30H25BrN2O6S. The number of carbonyl (C=O) groups is 3. The summed E-state index contributed by atoms with van der Waals surface area (Å²) in [5, 5.41) is -0.403. The second-order valence-electron chi connectivity index (χ2n) is 9.10. The number of halogens is 1. The molecule has 5 rings (SSSR count). The van der Waals surface area contributed by atoms with E-state index in [2.05, 4.69) is 25.2 Å². The van der Waals surface area contributed by atoms with Crippen LogP contribution < -0.4 is 4.74 Å². The molecule has 1 fully saturated rings. The van der Waals surface area contributed by atoms with E-state index in [1.54, 1.807) is 12.1 Å². The van der Waals surface area contributed by atoms with E-state index in [9.17, 15) is 14.4 Å². The van der Waals surface area contributed by atoms with Gasteiger partial charge in [0.05, 0.1) is 18.6 Å². The number of aryl methyl sites for hydroxylation is 1. The zero-order chi connectivity index (χ0) is 28.4. The van der Waals surface area contributed by atoms with Crippen LogP contribution in [0.15, 0.2) is 80.5 Å². The minimum atomic E-state index is -0.626. The van der Waals surface area contributed by atoms with E-state index in [1.165, 1.54) is 13.2 Å². The SMILES string of the molecule is COC(=O)c1ccc(CN2C(=O)S/C(=C/c3cc(C)n(-c4ccc(OCc5ccc(Br)cc5)cc4)c3C)C2=O)o1. The van der Waals surface area contributed by atoms with Crippen LogP contribution >= 0.6 is 27.7 Å². The number of ether oxygens (including phenoxy) is 2. The van der Waals surface area contributed by atoms with Crippen molar-refractivity contribution in [2.75, 3.05) is 7.11 Å². The molecular weight excluding hydrogens is 596 g/mol. The smallest absolute Gasteiger partial charge is 0.373 e. The van der Waals surface area contributed by atoms with Gasteiger partial charge < -0.3 is 18.5 Å². The number of hydrogen-bond acceptors (Lipinski definition) is 7. The summed E-state index contributed by atoms with van der Waals surface area (Å²) >= 11 is 4.31. The van der Waals surface area contributed by atoms with Crippen molar-refractivity contribution < 1.29 is 28.3 Å². The lowest BCUT2D eigenvalue weighted by Gasteiger charge is -2.12. The van der Waals surface area contributed by atoms with Crippen molar-refractivity contribution in [1.29, 1.82) is 0 Å². The monoisotopic (exact) mass is 620 g/mol. The fourth-order valence-electron chi connectivity index (χ4n) is 4.38. The second kappa shape index (κ2) is 11.6. The number of carbonyl (C=O) groups excluding carboxylic acids is 3. The van der Waals surface area contributed by atoms with Gasteiger partial charge in [-0.2, -0.15) is 0 Å². The molecule has 0 aliphatic carbocycles. The summed E-state index contributed by atoms with van der Waals surface area (Å²) in [4.78, 5) is 38.8. The molecule has 10 heteroatoms. The predicted molar refractivity (Wildman–Crippen MR) is 155 cm³/mol. The highest BCUT2D eigenvalue weighted by molar-refractivity contribution is 9.10. The first-order chi connectivity index (χ1) is 19.2. The van der Waals surface area contributed by atoms with E-state index in [4.69, 9.17) is 9.15 Å². The number of amides is 2. The molecule has 40 heavy (non-hydrogen) atoms. The molecule has 8 nitrogen and oxygen atoms in total. The Hall–Kier alpha value is -4.02. The highest BCUT2D eigenvalue weighted by atomic mass is 79.9. The number of thioether (sulfide) groups is 1. The molecule has 0 bridgehead atoms. The minimum Gasteiger partial charge on any atom is -0.489 e. The quantitative estimate of drug-likeness (QED) is 0.154. The molecule has 0 unspecified atom stereocenters. The van der Waals surface area contributed by atoms with Crippen molar-refractivity contribution >= 4 is 50.9 Å². The highest BCUT2D eigenvalue weighted by Crippen LogP contribution is 2.35. The van der Waals surface area contributed by atoms with Crippen molar-refractivity contribution in [3.63, 3.8) is 0 Å². The second-order valence-corrected chi connectivity index (χ2v) is 11.0. The lowest BCUT2D eigenvalue weighted by atomic mass is 10.2. The Morgan fingerprint density at radius 3 is 2.45 bits per heavy atom. The van der Waals surface area contributed by atoms with Gasteiger partial charge in [0.2, 0.25) is 5.76 Å². The van der Waals surface area contributed by atoms with Crippen LogP contribution in [0.2, 0.25) is 0 Å². The van der Waals surface area contributed by atoms with E-state index in [0.29, 0.717) is 17.3 Å². The van der Waals surface area contributed by atoms with Crippen LogP contribution in [0.1, 0.15) is 38.8 Å². The molecule has 1 aliphatic rings. The van der Waals surface area contributed by atoms with Gasteiger partial charge in [-0.25, -0.2) is 4.79 Å². The molecule has 0 atom stereocenters. The normalized spacial score (nSPS) is 14.3. The molecule has 1 aliphatic heterocycles. The van der Waals surface area contributed by atoms with Crippen molar-refractivity contribution in [3.05, 3.63) is 110 Å². The van der Waals surface area contributed by atoms with E-state index < -0.39 is 17.1 Å². The van der Waals surface area contributed by atoms with Gasteiger partial charge in [0, 0.05) is 21.5 Å². The van der Waals surface area contributed by atoms with Gasteiger partial charge in [0.15, 0.2) is 0 Å². The number of hydrogen-bond donors (Lipinski definition) is 0. The summed E-state index contributed by atoms with van der Waals surface area (Å²) in [6.07, 6.45) is 1.74. The van der Waals surface area contributed by atoms with Crippen molar-refractivity contribution in [2.24, 2.45) is 0 Å². The van der Waals surface area contributed by atoms with Crippen molar-refractivity contribution in [1.82, 2.24) is 9.47 Å². The van der Waals surface area contributed by atoms with Crippen LogP contribution in [0.5, 0.6) is 5.75 Å². The van der Waals surface area contributed by atoms with Crippen LogP contribution in [0.3, 0.4) is 0 Å². The number of aromatic nitrogens is 1. The first-order valence-corrected chi connectivity index (χ1v) is 13.9. The maximum Gasteiger partial charge on any atom is 0.373 e. The van der Waals surface area contributed by atoms with Crippen molar-refractivity contribution in [3.8, 4) is 11.4 Å². The standard InChI is InChI=1S/C30H25BrN2O6S/c1-18-14-21(15-27-28(34)32(30(36)40-27)16-25-12-13-26(39-25)29(35)37-3)19(2)33(18)23-8-10-24(11-9-23)38-17-20-4-6-22(31)7-5-20/h4-15H,16-17H2,1-3H3/b27-15+. The van der Waals surface area contributed by atoms with Gasteiger partial charge in [0.1, 0.15) is 18.1 Å². The van der Waals surface area contributed by atoms with E-state index in [0.717, 1.165) is 55.1 Å². The maximum absolute atomic E-state index is 13.1. The summed E-state index contributed by atoms with van der Waals surface area (Å²) in [7, 11) is 1.25. The molecule has 0 spiro atoms. The third kappa shape index (κ3) is 5.78. The lowest BCUT2D eigenvalue weighted by Crippen LogP contribution is -2.27. The maximum atomic E-state index is 13.1. The Morgan fingerprint density at radius 1 is 1.02 bits per heavy atom.